The average molecular weight is 558 g/mol. The zero-order chi connectivity index (χ0) is 29.7. The molecule has 2 N–H and O–H groups in total. The van der Waals surface area contributed by atoms with Crippen LogP contribution < -0.4 is 16.2 Å². The summed E-state index contributed by atoms with van der Waals surface area (Å²) in [6.45, 7) is 9.12. The molecule has 3 heterocycles. The van der Waals surface area contributed by atoms with E-state index in [1.54, 1.807) is 27.1 Å². The van der Waals surface area contributed by atoms with Crippen molar-refractivity contribution >= 4 is 17.5 Å². The minimum Gasteiger partial charge on any atom is -0.417 e. The van der Waals surface area contributed by atoms with E-state index in [4.69, 9.17) is 4.42 Å². The molecule has 0 saturated carbocycles. The third-order valence-electron chi connectivity index (χ3n) is 6.97. The molecule has 1 aromatic carbocycles. The first-order chi connectivity index (χ1) is 19.6. The quantitative estimate of drug-likeness (QED) is 0.264. The van der Waals surface area contributed by atoms with Gasteiger partial charge in [-0.25, -0.2) is 4.98 Å². The van der Waals surface area contributed by atoms with Crippen molar-refractivity contribution in [3.8, 4) is 11.3 Å². The molecule has 0 saturated heterocycles. The number of aryl methyl sites for hydroxylation is 1. The Morgan fingerprint density at radius 2 is 1.76 bits per heavy atom. The van der Waals surface area contributed by atoms with E-state index in [2.05, 4.69) is 37.7 Å². The molecule has 0 aliphatic rings. The predicted molar refractivity (Wildman–Crippen MR) is 155 cm³/mol. The van der Waals surface area contributed by atoms with Gasteiger partial charge < -0.3 is 15.1 Å². The summed E-state index contributed by atoms with van der Waals surface area (Å²) in [5.41, 5.74) is 1.83. The zero-order valence-corrected chi connectivity index (χ0v) is 24.1. The summed E-state index contributed by atoms with van der Waals surface area (Å²) in [5.74, 6) is -1.20. The second kappa shape index (κ2) is 12.2. The first-order valence-electron chi connectivity index (χ1n) is 13.5. The van der Waals surface area contributed by atoms with E-state index in [-0.39, 0.29) is 30.1 Å². The SMILES string of the molecule is CCc1ccc(C(C)(C)c2nnc(C(=O)[C@@H](NC(=O)Cn3c(-c4ccccc4)cnc(NC)c3=O)C(C)C)o2)nc1. The van der Waals surface area contributed by atoms with Crippen molar-refractivity contribution in [2.45, 2.75) is 59.0 Å². The lowest BCUT2D eigenvalue weighted by Crippen LogP contribution is -2.46. The van der Waals surface area contributed by atoms with Crippen LogP contribution in [0, 0.1) is 5.92 Å². The van der Waals surface area contributed by atoms with E-state index in [1.807, 2.05) is 56.3 Å². The molecule has 4 rings (SSSR count). The van der Waals surface area contributed by atoms with Gasteiger partial charge in [0.15, 0.2) is 5.82 Å². The first-order valence-corrected chi connectivity index (χ1v) is 13.5. The molecule has 0 bridgehead atoms. The monoisotopic (exact) mass is 557 g/mol. The maximum Gasteiger partial charge on any atom is 0.294 e. The third kappa shape index (κ3) is 6.24. The van der Waals surface area contributed by atoms with Gasteiger partial charge in [-0.15, -0.1) is 10.2 Å². The highest BCUT2D eigenvalue weighted by Gasteiger charge is 2.35. The number of aromatic nitrogens is 5. The Balaban J connectivity index is 1.56. The molecule has 1 amide bonds. The number of hydrogen-bond donors (Lipinski definition) is 2. The van der Waals surface area contributed by atoms with Crippen LogP contribution in [-0.4, -0.2) is 49.5 Å². The number of nitrogens with one attached hydrogen (secondary N) is 2. The maximum atomic E-state index is 13.5. The van der Waals surface area contributed by atoms with Gasteiger partial charge in [0.1, 0.15) is 6.54 Å². The van der Waals surface area contributed by atoms with Crippen molar-refractivity contribution in [1.29, 1.82) is 0 Å². The molecular weight excluding hydrogens is 522 g/mol. The van der Waals surface area contributed by atoms with E-state index < -0.39 is 28.7 Å². The summed E-state index contributed by atoms with van der Waals surface area (Å²) in [4.78, 5) is 48.6. The largest absolute Gasteiger partial charge is 0.417 e. The van der Waals surface area contributed by atoms with Crippen molar-refractivity contribution in [3.05, 3.63) is 88.3 Å². The minimum atomic E-state index is -0.956. The highest BCUT2D eigenvalue weighted by atomic mass is 16.4. The highest BCUT2D eigenvalue weighted by Crippen LogP contribution is 2.29. The molecule has 1 atom stereocenters. The van der Waals surface area contributed by atoms with Gasteiger partial charge in [0.25, 0.3) is 11.4 Å². The molecule has 4 aromatic rings. The number of hydrogen-bond acceptors (Lipinski definition) is 9. The van der Waals surface area contributed by atoms with E-state index >= 15 is 0 Å². The van der Waals surface area contributed by atoms with Gasteiger partial charge >= 0.3 is 0 Å². The van der Waals surface area contributed by atoms with Crippen molar-refractivity contribution < 1.29 is 14.0 Å². The van der Waals surface area contributed by atoms with Gasteiger partial charge in [-0.05, 0) is 43.4 Å². The van der Waals surface area contributed by atoms with Crippen LogP contribution in [-0.2, 0) is 23.2 Å². The fraction of sp³-hybridized carbons (Fsp3) is 0.367. The molecule has 11 nitrogen and oxygen atoms in total. The Morgan fingerprint density at radius 1 is 1.02 bits per heavy atom. The molecule has 0 radical (unpaired) electrons. The van der Waals surface area contributed by atoms with Crippen LogP contribution in [0.3, 0.4) is 0 Å². The van der Waals surface area contributed by atoms with Crippen LogP contribution in [0.4, 0.5) is 5.82 Å². The number of Topliss-reactive ketones (excluding diaryl/α,β-unsaturated/α-hetero) is 1. The van der Waals surface area contributed by atoms with Crippen molar-refractivity contribution in [3.63, 3.8) is 0 Å². The number of ketones is 1. The molecular formula is C30H35N7O4. The van der Waals surface area contributed by atoms with Gasteiger partial charge in [0, 0.05) is 13.2 Å². The lowest BCUT2D eigenvalue weighted by Gasteiger charge is -2.21. The third-order valence-corrected chi connectivity index (χ3v) is 6.97. The summed E-state index contributed by atoms with van der Waals surface area (Å²) < 4.78 is 7.17. The molecule has 0 unspecified atom stereocenters. The summed E-state index contributed by atoms with van der Waals surface area (Å²) in [6.07, 6.45) is 4.21. The summed E-state index contributed by atoms with van der Waals surface area (Å²) in [6, 6.07) is 12.1. The molecule has 0 aliphatic heterocycles. The zero-order valence-electron chi connectivity index (χ0n) is 24.1. The standard InChI is InChI=1S/C30H35N7O4/c1-7-19-13-14-22(32-15-19)30(4,5)29-36-35-27(41-29)25(39)24(18(2)3)34-23(38)17-37-21(20-11-9-8-10-12-20)16-33-26(31-6)28(37)40/h8-16,18,24H,7,17H2,1-6H3,(H,31,33)(H,34,38)/t24-/m0/s1. The van der Waals surface area contributed by atoms with Crippen LogP contribution in [0.1, 0.15) is 62.5 Å². The topological polar surface area (TPSA) is 145 Å². The number of benzene rings is 1. The van der Waals surface area contributed by atoms with Crippen molar-refractivity contribution in [2.24, 2.45) is 5.92 Å². The van der Waals surface area contributed by atoms with Gasteiger partial charge in [-0.3, -0.25) is 23.9 Å². The maximum absolute atomic E-state index is 13.5. The fourth-order valence-corrected chi connectivity index (χ4v) is 4.37. The number of rotatable bonds is 11. The Kier molecular flexibility index (Phi) is 8.75. The second-order valence-corrected chi connectivity index (χ2v) is 10.6. The van der Waals surface area contributed by atoms with Crippen LogP contribution in [0.5, 0.6) is 0 Å². The van der Waals surface area contributed by atoms with E-state index in [1.165, 1.54) is 10.8 Å². The number of carbonyl (C=O) groups excluding carboxylic acids is 2. The van der Waals surface area contributed by atoms with Gasteiger partial charge in [0.2, 0.25) is 17.6 Å². The molecule has 11 heteroatoms. The summed E-state index contributed by atoms with van der Waals surface area (Å²) in [7, 11) is 1.58. The fourth-order valence-electron chi connectivity index (χ4n) is 4.37. The Bertz CT molecular complexity index is 1570. The Labute approximate surface area is 238 Å². The minimum absolute atomic E-state index is 0.105. The van der Waals surface area contributed by atoms with Gasteiger partial charge in [-0.2, -0.15) is 0 Å². The molecule has 0 spiro atoms. The second-order valence-electron chi connectivity index (χ2n) is 10.6. The Morgan fingerprint density at radius 3 is 2.37 bits per heavy atom. The van der Waals surface area contributed by atoms with Crippen molar-refractivity contribution in [1.82, 2.24) is 30.0 Å². The van der Waals surface area contributed by atoms with Gasteiger partial charge in [0.05, 0.1) is 29.0 Å². The molecule has 3 aromatic heterocycles. The average Bonchev–Trinajstić information content (AvgIpc) is 3.48. The smallest absolute Gasteiger partial charge is 0.294 e. The predicted octanol–water partition coefficient (Wildman–Crippen LogP) is 3.64. The van der Waals surface area contributed by atoms with Crippen LogP contribution in [0.15, 0.2) is 64.1 Å². The lowest BCUT2D eigenvalue weighted by atomic mass is 9.88. The van der Waals surface area contributed by atoms with E-state index in [0.29, 0.717) is 5.69 Å². The van der Waals surface area contributed by atoms with Crippen LogP contribution in [0.25, 0.3) is 11.3 Å². The summed E-state index contributed by atoms with van der Waals surface area (Å²) in [5, 5.41) is 13.7. The number of amides is 1. The summed E-state index contributed by atoms with van der Waals surface area (Å²) >= 11 is 0. The molecule has 41 heavy (non-hydrogen) atoms. The van der Waals surface area contributed by atoms with Gasteiger partial charge in [-0.1, -0.05) is 57.2 Å². The number of anilines is 1. The molecule has 0 aliphatic carbocycles. The van der Waals surface area contributed by atoms with Crippen LogP contribution in [0.2, 0.25) is 0 Å². The van der Waals surface area contributed by atoms with E-state index in [9.17, 15) is 14.4 Å². The van der Waals surface area contributed by atoms with Crippen LogP contribution >= 0.6 is 0 Å². The molecule has 214 valence electrons. The number of nitrogens with zero attached hydrogens (tertiary/aromatic N) is 5. The normalized spacial score (nSPS) is 12.3. The van der Waals surface area contributed by atoms with E-state index in [0.717, 1.165) is 23.2 Å². The first kappa shape index (κ1) is 29.3. The highest BCUT2D eigenvalue weighted by molar-refractivity contribution is 5.98. The number of carbonyl (C=O) groups is 2. The number of pyridine rings is 1. The Hall–Kier alpha value is -4.67. The lowest BCUT2D eigenvalue weighted by molar-refractivity contribution is -0.122. The van der Waals surface area contributed by atoms with Crippen molar-refractivity contribution in [2.75, 3.05) is 12.4 Å². The molecule has 0 fully saturated rings.